The molecule has 4 aromatic carbocycles. The van der Waals surface area contributed by atoms with Crippen LogP contribution in [0.5, 0.6) is 5.75 Å². The zero-order valence-electron chi connectivity index (χ0n) is 28.6. The normalized spacial score (nSPS) is 16.5. The number of nitrogens with one attached hydrogen (secondary N) is 1. The van der Waals surface area contributed by atoms with Crippen LogP contribution in [0.1, 0.15) is 52.0 Å². The van der Waals surface area contributed by atoms with Crippen molar-refractivity contribution in [3.8, 4) is 5.75 Å². The molecule has 0 saturated heterocycles. The van der Waals surface area contributed by atoms with Gasteiger partial charge in [0.15, 0.2) is 5.60 Å². The van der Waals surface area contributed by atoms with Gasteiger partial charge in [-0.05, 0) is 60.0 Å². The van der Waals surface area contributed by atoms with E-state index in [1.54, 1.807) is 79.5 Å². The van der Waals surface area contributed by atoms with Crippen LogP contribution in [0, 0.1) is 16.0 Å². The Hall–Kier alpha value is -6.18. The van der Waals surface area contributed by atoms with Crippen LogP contribution in [0.25, 0.3) is 0 Å². The fraction of sp³-hybridized carbons (Fsp3) is 0.231. The number of aryl methyl sites for hydroxylation is 1. The summed E-state index contributed by atoms with van der Waals surface area (Å²) < 4.78 is 6.81. The first-order valence-corrected chi connectivity index (χ1v) is 16.7. The van der Waals surface area contributed by atoms with Gasteiger partial charge in [-0.1, -0.05) is 66.8 Å². The van der Waals surface area contributed by atoms with Crippen molar-refractivity contribution >= 4 is 28.9 Å². The molecular formula is C39H38N6O7. The maximum atomic E-state index is 14.1. The van der Waals surface area contributed by atoms with E-state index in [1.165, 1.54) is 23.1 Å². The van der Waals surface area contributed by atoms with Gasteiger partial charge in [-0.3, -0.25) is 24.4 Å². The van der Waals surface area contributed by atoms with Crippen LogP contribution in [0.4, 0.5) is 17.1 Å². The van der Waals surface area contributed by atoms with Crippen molar-refractivity contribution in [1.82, 2.24) is 15.0 Å². The number of aromatic nitrogens is 3. The summed E-state index contributed by atoms with van der Waals surface area (Å²) in [5, 5.41) is 45.0. The Morgan fingerprint density at radius 3 is 2.46 bits per heavy atom. The van der Waals surface area contributed by atoms with Crippen molar-refractivity contribution in [3.05, 3.63) is 153 Å². The number of methoxy groups -OCH3 is 1. The van der Waals surface area contributed by atoms with Crippen molar-refractivity contribution in [2.24, 2.45) is 5.92 Å². The van der Waals surface area contributed by atoms with Gasteiger partial charge in [0.25, 0.3) is 17.5 Å². The van der Waals surface area contributed by atoms with Crippen LogP contribution >= 0.6 is 0 Å². The molecule has 1 aliphatic rings. The van der Waals surface area contributed by atoms with Gasteiger partial charge in [0.2, 0.25) is 0 Å². The molecule has 52 heavy (non-hydrogen) atoms. The van der Waals surface area contributed by atoms with E-state index in [2.05, 4.69) is 15.6 Å². The van der Waals surface area contributed by atoms with Crippen molar-refractivity contribution in [1.29, 1.82) is 0 Å². The lowest BCUT2D eigenvalue weighted by molar-refractivity contribution is -0.385. The highest BCUT2D eigenvalue weighted by Gasteiger charge is 2.53. The number of amides is 2. The molecule has 0 fully saturated rings. The number of carbonyl (C=O) groups is 2. The number of anilines is 2. The number of nitro benzene ring substituents is 1. The standard InChI is InChI=1S/C39H38N6O7/c1-26(8-6-7-21-43-24-35(41-42-43)33(25-46)28-9-4-3-5-10-28)39(49)34-22-31(45(50)51)17-20-36(34)44(38(39)48)23-27-11-15-30(16-12-27)40-37(47)29-13-18-32(52-2)19-14-29/h3-6,8-20,22,24,26,33,46,49H,7,21,23,25H2,1-2H3,(H,40,47)/b8-6+/t26-,33?,39+/m1/s1. The second-order valence-corrected chi connectivity index (χ2v) is 12.6. The van der Waals surface area contributed by atoms with E-state index in [4.69, 9.17) is 4.74 Å². The summed E-state index contributed by atoms with van der Waals surface area (Å²) in [5.74, 6) is -1.31. The molecule has 0 aliphatic carbocycles. The molecule has 6 rings (SSSR count). The van der Waals surface area contributed by atoms with Crippen LogP contribution < -0.4 is 15.0 Å². The number of ether oxygens (including phenoxy) is 1. The van der Waals surface area contributed by atoms with E-state index < -0.39 is 22.3 Å². The first-order chi connectivity index (χ1) is 25.1. The summed E-state index contributed by atoms with van der Waals surface area (Å²) in [4.78, 5) is 39.3. The van der Waals surface area contributed by atoms with E-state index >= 15 is 0 Å². The van der Waals surface area contributed by atoms with E-state index in [0.717, 1.165) is 11.1 Å². The van der Waals surface area contributed by atoms with Crippen molar-refractivity contribution in [3.63, 3.8) is 0 Å². The summed E-state index contributed by atoms with van der Waals surface area (Å²) in [6.45, 7) is 2.13. The number of fused-ring (bicyclic) bond motifs is 1. The summed E-state index contributed by atoms with van der Waals surface area (Å²) in [5.41, 5.74) is 1.54. The van der Waals surface area contributed by atoms with Gasteiger partial charge in [0.1, 0.15) is 5.75 Å². The number of carbonyl (C=O) groups excluding carboxylic acids is 2. The van der Waals surface area contributed by atoms with E-state index in [0.29, 0.717) is 41.3 Å². The van der Waals surface area contributed by atoms with Gasteiger partial charge < -0.3 is 25.2 Å². The predicted octanol–water partition coefficient (Wildman–Crippen LogP) is 5.59. The average molecular weight is 703 g/mol. The quantitative estimate of drug-likeness (QED) is 0.0758. The van der Waals surface area contributed by atoms with E-state index in [1.807, 2.05) is 36.4 Å². The molecule has 5 aromatic rings. The van der Waals surface area contributed by atoms with Crippen molar-refractivity contribution < 1.29 is 29.5 Å². The average Bonchev–Trinajstić information content (AvgIpc) is 3.72. The van der Waals surface area contributed by atoms with Gasteiger partial charge >= 0.3 is 0 Å². The van der Waals surface area contributed by atoms with Gasteiger partial charge in [-0.25, -0.2) is 0 Å². The minimum atomic E-state index is -2.06. The SMILES string of the molecule is COc1ccc(C(=O)Nc2ccc(CN3C(=O)[C@](O)([C@H](C)/C=C/CCn4cc(C(CO)c5ccccc5)nn4)c4cc([N+](=O)[O-])ccc43)cc2)cc1. The molecule has 0 saturated carbocycles. The molecule has 1 aromatic heterocycles. The lowest BCUT2D eigenvalue weighted by Crippen LogP contribution is -2.44. The Balaban J connectivity index is 1.14. The van der Waals surface area contributed by atoms with Crippen LogP contribution in [-0.2, 0) is 23.5 Å². The highest BCUT2D eigenvalue weighted by atomic mass is 16.6. The second-order valence-electron chi connectivity index (χ2n) is 12.6. The third-order valence-electron chi connectivity index (χ3n) is 9.27. The molecule has 0 spiro atoms. The zero-order valence-corrected chi connectivity index (χ0v) is 28.6. The molecule has 3 atom stereocenters. The predicted molar refractivity (Wildman–Crippen MR) is 194 cm³/mol. The van der Waals surface area contributed by atoms with Gasteiger partial charge in [-0.15, -0.1) is 5.10 Å². The monoisotopic (exact) mass is 702 g/mol. The van der Waals surface area contributed by atoms with Crippen molar-refractivity contribution in [2.75, 3.05) is 23.9 Å². The van der Waals surface area contributed by atoms with Crippen LogP contribution in [0.15, 0.2) is 115 Å². The summed E-state index contributed by atoms with van der Waals surface area (Å²) in [7, 11) is 1.55. The van der Waals surface area contributed by atoms with Crippen LogP contribution in [-0.4, -0.2) is 55.7 Å². The molecular weight excluding hydrogens is 664 g/mol. The zero-order chi connectivity index (χ0) is 36.8. The number of aliphatic hydroxyl groups excluding tert-OH is 1. The van der Waals surface area contributed by atoms with E-state index in [-0.39, 0.29) is 36.2 Å². The Kier molecular flexibility index (Phi) is 10.5. The molecule has 2 amide bonds. The number of aliphatic hydroxyl groups is 2. The molecule has 13 nitrogen and oxygen atoms in total. The number of hydrogen-bond donors (Lipinski definition) is 3. The lowest BCUT2D eigenvalue weighted by atomic mass is 9.82. The smallest absolute Gasteiger partial charge is 0.269 e. The summed E-state index contributed by atoms with van der Waals surface area (Å²) >= 11 is 0. The topological polar surface area (TPSA) is 173 Å². The molecule has 1 unspecified atom stereocenters. The van der Waals surface area contributed by atoms with Gasteiger partial charge in [0.05, 0.1) is 42.5 Å². The Morgan fingerprint density at radius 2 is 1.79 bits per heavy atom. The highest BCUT2D eigenvalue weighted by Crippen LogP contribution is 2.47. The first kappa shape index (κ1) is 35.6. The minimum Gasteiger partial charge on any atom is -0.497 e. The second kappa shape index (κ2) is 15.4. The molecule has 1 aliphatic heterocycles. The maximum absolute atomic E-state index is 14.1. The number of hydrogen-bond acceptors (Lipinski definition) is 9. The number of non-ortho nitro benzene ring substituents is 1. The fourth-order valence-electron chi connectivity index (χ4n) is 6.31. The minimum absolute atomic E-state index is 0.0849. The summed E-state index contributed by atoms with van der Waals surface area (Å²) in [6, 6.07) is 27.3. The third-order valence-corrected chi connectivity index (χ3v) is 9.27. The lowest BCUT2D eigenvalue weighted by Gasteiger charge is -2.27. The van der Waals surface area contributed by atoms with Crippen molar-refractivity contribution in [2.45, 2.75) is 38.0 Å². The molecule has 0 bridgehead atoms. The Bertz CT molecular complexity index is 2080. The Labute approximate surface area is 299 Å². The first-order valence-electron chi connectivity index (χ1n) is 16.7. The summed E-state index contributed by atoms with van der Waals surface area (Å²) in [6.07, 6.45) is 5.84. The van der Waals surface area contributed by atoms with Crippen LogP contribution in [0.3, 0.4) is 0 Å². The Morgan fingerprint density at radius 1 is 1.06 bits per heavy atom. The number of allylic oxidation sites excluding steroid dienone is 1. The van der Waals surface area contributed by atoms with E-state index in [9.17, 15) is 29.9 Å². The van der Waals surface area contributed by atoms with Gasteiger partial charge in [-0.2, -0.15) is 0 Å². The number of rotatable bonds is 14. The van der Waals surface area contributed by atoms with Crippen LogP contribution in [0.2, 0.25) is 0 Å². The van der Waals surface area contributed by atoms with Gasteiger partial charge in [0, 0.05) is 47.6 Å². The fourth-order valence-corrected chi connectivity index (χ4v) is 6.31. The number of benzene rings is 4. The maximum Gasteiger partial charge on any atom is 0.269 e. The number of nitro groups is 1. The largest absolute Gasteiger partial charge is 0.497 e. The molecule has 266 valence electrons. The molecule has 2 heterocycles. The molecule has 0 radical (unpaired) electrons. The number of nitrogens with zero attached hydrogens (tertiary/aromatic N) is 5. The third kappa shape index (κ3) is 7.31. The molecule has 3 N–H and O–H groups in total. The highest BCUT2D eigenvalue weighted by molar-refractivity contribution is 6.07. The molecule has 13 heteroatoms.